The number of hydrogen-bond donors (Lipinski definition) is 2. The van der Waals surface area contributed by atoms with E-state index in [1.807, 2.05) is 24.3 Å². The Hall–Kier alpha value is -3.33. The summed E-state index contributed by atoms with van der Waals surface area (Å²) in [6.45, 7) is 4.35. The first-order chi connectivity index (χ1) is 18.8. The predicted molar refractivity (Wildman–Crippen MR) is 147 cm³/mol. The van der Waals surface area contributed by atoms with Crippen LogP contribution in [0, 0.1) is 17.8 Å². The summed E-state index contributed by atoms with van der Waals surface area (Å²) < 4.78 is 10.3. The van der Waals surface area contributed by atoms with Crippen LogP contribution in [0.25, 0.3) is 0 Å². The van der Waals surface area contributed by atoms with Crippen LogP contribution in [-0.4, -0.2) is 73.5 Å². The first kappa shape index (κ1) is 25.9. The molecule has 5 aliphatic rings. The van der Waals surface area contributed by atoms with Gasteiger partial charge in [-0.2, -0.15) is 0 Å². The molecule has 2 heterocycles. The smallest absolute Gasteiger partial charge is 0.341 e. The van der Waals surface area contributed by atoms with Gasteiger partial charge < -0.3 is 29.7 Å². The molecule has 9 nitrogen and oxygen atoms in total. The van der Waals surface area contributed by atoms with Gasteiger partial charge in [-0.05, 0) is 87.1 Å². The molecule has 2 N–H and O–H groups in total. The third-order valence-corrected chi connectivity index (χ3v) is 9.38. The molecule has 0 radical (unpaired) electrons. The van der Waals surface area contributed by atoms with Gasteiger partial charge >= 0.3 is 5.97 Å². The van der Waals surface area contributed by atoms with Crippen molar-refractivity contribution in [3.63, 3.8) is 0 Å². The van der Waals surface area contributed by atoms with E-state index in [4.69, 9.17) is 14.5 Å². The van der Waals surface area contributed by atoms with Gasteiger partial charge in [-0.3, -0.25) is 4.79 Å². The maximum atomic E-state index is 13.3. The Labute approximate surface area is 229 Å². The molecule has 3 unspecified atom stereocenters. The van der Waals surface area contributed by atoms with E-state index >= 15 is 0 Å². The standard InChI is InChI=1S/C30H38N4O5/c1-18-17-33(22-7-8-25(38-2)23(13-22)29(36)39-3)9-10-34(18)26-6-4-5-24(31-26)28(35)32-27-20-11-19-12-21(27)16-30(37,14-19)15-20/h4-8,13,18-21,27,37H,9-12,14-17H2,1-3H3,(H,32,35). The largest absolute Gasteiger partial charge is 0.496 e. The van der Waals surface area contributed by atoms with Crippen molar-refractivity contribution in [2.75, 3.05) is 43.7 Å². The summed E-state index contributed by atoms with van der Waals surface area (Å²) in [7, 11) is 2.90. The Morgan fingerprint density at radius 1 is 1.08 bits per heavy atom. The van der Waals surface area contributed by atoms with Crippen LogP contribution < -0.4 is 19.9 Å². The number of esters is 1. The summed E-state index contributed by atoms with van der Waals surface area (Å²) >= 11 is 0. The molecule has 1 saturated heterocycles. The van der Waals surface area contributed by atoms with Gasteiger partial charge in [0, 0.05) is 37.4 Å². The van der Waals surface area contributed by atoms with Crippen LogP contribution in [0.2, 0.25) is 0 Å². The molecule has 9 heteroatoms. The van der Waals surface area contributed by atoms with Gasteiger partial charge in [0.15, 0.2) is 0 Å². The van der Waals surface area contributed by atoms with Gasteiger partial charge in [-0.15, -0.1) is 0 Å². The minimum Gasteiger partial charge on any atom is -0.496 e. The van der Waals surface area contributed by atoms with E-state index in [9.17, 15) is 14.7 Å². The van der Waals surface area contributed by atoms with Gasteiger partial charge in [-0.1, -0.05) is 6.07 Å². The Balaban J connectivity index is 1.13. The second kappa shape index (κ2) is 10.0. The molecule has 4 aliphatic carbocycles. The molecule has 4 saturated carbocycles. The van der Waals surface area contributed by atoms with E-state index in [-0.39, 0.29) is 18.0 Å². The minimum atomic E-state index is -0.513. The van der Waals surface area contributed by atoms with E-state index in [0.29, 0.717) is 34.8 Å². The van der Waals surface area contributed by atoms with Gasteiger partial charge in [0.05, 0.1) is 19.8 Å². The molecule has 7 rings (SSSR count). The fraction of sp³-hybridized carbons (Fsp3) is 0.567. The Bertz CT molecular complexity index is 1250. The van der Waals surface area contributed by atoms with E-state index in [1.165, 1.54) is 14.2 Å². The van der Waals surface area contributed by atoms with Crippen LogP contribution in [0.3, 0.4) is 0 Å². The van der Waals surface area contributed by atoms with E-state index in [0.717, 1.165) is 63.2 Å². The van der Waals surface area contributed by atoms with E-state index in [2.05, 4.69) is 22.0 Å². The summed E-state index contributed by atoms with van der Waals surface area (Å²) in [4.78, 5) is 34.8. The number of piperazine rings is 1. The molecule has 0 spiro atoms. The van der Waals surface area contributed by atoms with Crippen molar-refractivity contribution < 1.29 is 24.2 Å². The second-order valence-corrected chi connectivity index (χ2v) is 11.9. The molecule has 1 amide bonds. The highest BCUT2D eigenvalue weighted by Crippen LogP contribution is 2.55. The molecule has 1 aliphatic heterocycles. The highest BCUT2D eigenvalue weighted by Gasteiger charge is 2.55. The number of nitrogens with one attached hydrogen (secondary N) is 1. The molecular formula is C30H38N4O5. The lowest BCUT2D eigenvalue weighted by atomic mass is 9.52. The Morgan fingerprint density at radius 2 is 1.85 bits per heavy atom. The molecule has 4 bridgehead atoms. The number of aromatic nitrogens is 1. The number of methoxy groups -OCH3 is 2. The van der Waals surface area contributed by atoms with Crippen molar-refractivity contribution in [1.82, 2.24) is 10.3 Å². The molecule has 2 aromatic rings. The van der Waals surface area contributed by atoms with Crippen LogP contribution in [0.4, 0.5) is 11.5 Å². The zero-order chi connectivity index (χ0) is 27.3. The number of rotatable bonds is 6. The van der Waals surface area contributed by atoms with Crippen LogP contribution >= 0.6 is 0 Å². The van der Waals surface area contributed by atoms with Gasteiger partial charge in [0.2, 0.25) is 0 Å². The third-order valence-electron chi connectivity index (χ3n) is 9.38. The first-order valence-electron chi connectivity index (χ1n) is 14.0. The molecule has 39 heavy (non-hydrogen) atoms. The first-order valence-corrected chi connectivity index (χ1v) is 14.0. The minimum absolute atomic E-state index is 0.124. The van der Waals surface area contributed by atoms with Gasteiger partial charge in [-0.25, -0.2) is 9.78 Å². The summed E-state index contributed by atoms with van der Waals surface area (Å²) in [6, 6.07) is 11.5. The van der Waals surface area contributed by atoms with Crippen LogP contribution in [0.5, 0.6) is 5.75 Å². The average molecular weight is 535 g/mol. The number of anilines is 2. The van der Waals surface area contributed by atoms with Crippen molar-refractivity contribution in [1.29, 1.82) is 0 Å². The van der Waals surface area contributed by atoms with Gasteiger partial charge in [0.1, 0.15) is 22.8 Å². The zero-order valence-electron chi connectivity index (χ0n) is 22.9. The number of nitrogens with zero attached hydrogens (tertiary/aromatic N) is 3. The number of ether oxygens (including phenoxy) is 2. The summed E-state index contributed by atoms with van der Waals surface area (Å²) in [5.74, 6) is 2.05. The fourth-order valence-electron chi connectivity index (χ4n) is 7.85. The average Bonchev–Trinajstić information content (AvgIpc) is 2.93. The number of amides is 1. The highest BCUT2D eigenvalue weighted by molar-refractivity contribution is 5.94. The number of benzene rings is 1. The highest BCUT2D eigenvalue weighted by atomic mass is 16.5. The number of aliphatic hydroxyl groups is 1. The van der Waals surface area contributed by atoms with E-state index < -0.39 is 11.6 Å². The Kier molecular flexibility index (Phi) is 6.65. The van der Waals surface area contributed by atoms with Crippen molar-refractivity contribution in [2.24, 2.45) is 17.8 Å². The molecule has 3 atom stereocenters. The lowest BCUT2D eigenvalue weighted by molar-refractivity contribution is -0.136. The van der Waals surface area contributed by atoms with E-state index in [1.54, 1.807) is 12.1 Å². The molecule has 208 valence electrons. The Morgan fingerprint density at radius 3 is 2.51 bits per heavy atom. The zero-order valence-corrected chi connectivity index (χ0v) is 22.9. The van der Waals surface area contributed by atoms with Crippen LogP contribution in [-0.2, 0) is 4.74 Å². The van der Waals surface area contributed by atoms with Crippen molar-refractivity contribution >= 4 is 23.4 Å². The topological polar surface area (TPSA) is 104 Å². The maximum absolute atomic E-state index is 13.3. The number of pyridine rings is 1. The second-order valence-electron chi connectivity index (χ2n) is 11.9. The third kappa shape index (κ3) is 4.81. The molecular weight excluding hydrogens is 496 g/mol. The van der Waals surface area contributed by atoms with Crippen molar-refractivity contribution in [2.45, 2.75) is 56.7 Å². The predicted octanol–water partition coefficient (Wildman–Crippen LogP) is 3.26. The summed E-state index contributed by atoms with van der Waals surface area (Å²) in [5.41, 5.74) is 1.26. The quantitative estimate of drug-likeness (QED) is 0.545. The molecule has 1 aromatic carbocycles. The normalized spacial score (nSPS) is 31.2. The monoisotopic (exact) mass is 534 g/mol. The van der Waals surface area contributed by atoms with Crippen LogP contribution in [0.15, 0.2) is 36.4 Å². The summed E-state index contributed by atoms with van der Waals surface area (Å²) in [6.07, 6.45) is 4.74. The maximum Gasteiger partial charge on any atom is 0.341 e. The van der Waals surface area contributed by atoms with Crippen LogP contribution in [0.1, 0.15) is 59.9 Å². The molecule has 1 aromatic heterocycles. The fourth-order valence-corrected chi connectivity index (χ4v) is 7.85. The number of hydrogen-bond acceptors (Lipinski definition) is 8. The SMILES string of the molecule is COC(=O)c1cc(N2CCN(c3cccc(C(=O)NC4C5CC6CC4CC(O)(C6)C5)n3)C(C)C2)ccc1OC. The lowest BCUT2D eigenvalue weighted by Gasteiger charge is -2.58. The van der Waals surface area contributed by atoms with Crippen molar-refractivity contribution in [3.05, 3.63) is 47.7 Å². The molecule has 5 fully saturated rings. The summed E-state index contributed by atoms with van der Waals surface area (Å²) in [5, 5.41) is 14.2. The van der Waals surface area contributed by atoms with Gasteiger partial charge in [0.25, 0.3) is 5.91 Å². The van der Waals surface area contributed by atoms with Crippen molar-refractivity contribution in [3.8, 4) is 5.75 Å². The lowest BCUT2D eigenvalue weighted by Crippen LogP contribution is -2.61. The number of carbonyl (C=O) groups excluding carboxylic acids is 2. The number of carbonyl (C=O) groups is 2.